The van der Waals surface area contributed by atoms with E-state index in [0.29, 0.717) is 4.51 Å². The summed E-state index contributed by atoms with van der Waals surface area (Å²) in [5.41, 5.74) is 0.846. The fourth-order valence-corrected chi connectivity index (χ4v) is 2.29. The first-order chi connectivity index (χ1) is 8.69. The lowest BCUT2D eigenvalue weighted by Crippen LogP contribution is -2.27. The predicted molar refractivity (Wildman–Crippen MR) is 80.7 cm³/mol. The maximum atomic E-state index is 10.9. The number of anilines is 1. The summed E-state index contributed by atoms with van der Waals surface area (Å²) in [4.78, 5) is 13.4. The van der Waals surface area contributed by atoms with Gasteiger partial charge in [-0.3, -0.25) is 4.79 Å². The van der Waals surface area contributed by atoms with Crippen LogP contribution >= 0.6 is 12.2 Å². The van der Waals surface area contributed by atoms with Gasteiger partial charge in [-0.15, -0.1) is 0 Å². The molecule has 1 aromatic carbocycles. The third kappa shape index (κ3) is 4.86. The minimum Gasteiger partial charge on any atom is -0.384 e. The molecule has 0 unspecified atom stereocenters. The predicted octanol–water partition coefficient (Wildman–Crippen LogP) is 2.97. The molecule has 0 heterocycles. The first-order valence-electron chi connectivity index (χ1n) is 6.95. The van der Waals surface area contributed by atoms with Crippen molar-refractivity contribution in [3.05, 3.63) is 20.8 Å². The molecule has 0 fully saturated rings. The van der Waals surface area contributed by atoms with Gasteiger partial charge < -0.3 is 10.2 Å². The van der Waals surface area contributed by atoms with E-state index in [4.69, 9.17) is 12.2 Å². The van der Waals surface area contributed by atoms with Crippen LogP contribution in [-0.4, -0.2) is 31.1 Å². The molecule has 102 valence electrons. The van der Waals surface area contributed by atoms with Gasteiger partial charge in [0.1, 0.15) is 4.51 Å². The van der Waals surface area contributed by atoms with E-state index in [-0.39, 0.29) is 5.43 Å². The molecule has 0 amide bonds. The summed E-state index contributed by atoms with van der Waals surface area (Å²) >= 11 is 4.93. The fraction of sp³-hybridized carbons (Fsp3) is 0.714. The Labute approximate surface area is 115 Å². The van der Waals surface area contributed by atoms with E-state index in [2.05, 4.69) is 24.1 Å². The molecule has 4 heteroatoms. The second-order valence-corrected chi connectivity index (χ2v) is 5.14. The van der Waals surface area contributed by atoms with Crippen LogP contribution in [-0.2, 0) is 0 Å². The molecule has 1 N–H and O–H groups in total. The SMILES string of the molecule is CCCN(CCC)CCCCNc1cc(=O)c1=S. The topological polar surface area (TPSA) is 32.3 Å². The van der Waals surface area contributed by atoms with Crippen LogP contribution < -0.4 is 10.7 Å². The summed E-state index contributed by atoms with van der Waals surface area (Å²) in [7, 11) is 0. The number of rotatable bonds is 10. The largest absolute Gasteiger partial charge is 0.384 e. The molecule has 0 bridgehead atoms. The molecular weight excluding hydrogens is 244 g/mol. The van der Waals surface area contributed by atoms with Crippen molar-refractivity contribution >= 4 is 17.9 Å². The zero-order valence-corrected chi connectivity index (χ0v) is 12.3. The van der Waals surface area contributed by atoms with Gasteiger partial charge in [0.25, 0.3) is 0 Å². The van der Waals surface area contributed by atoms with Crippen molar-refractivity contribution in [1.29, 1.82) is 0 Å². The first kappa shape index (κ1) is 15.3. The highest BCUT2D eigenvalue weighted by Gasteiger charge is 2.05. The van der Waals surface area contributed by atoms with E-state index in [1.165, 1.54) is 38.9 Å². The Bertz CT molecular complexity index is 404. The molecule has 0 aliphatic carbocycles. The lowest BCUT2D eigenvalue weighted by atomic mass is 10.2. The van der Waals surface area contributed by atoms with Crippen LogP contribution in [0.5, 0.6) is 0 Å². The molecule has 3 nitrogen and oxygen atoms in total. The molecule has 0 saturated heterocycles. The van der Waals surface area contributed by atoms with E-state index in [9.17, 15) is 4.79 Å². The zero-order valence-electron chi connectivity index (χ0n) is 11.5. The second kappa shape index (κ2) is 8.38. The highest BCUT2D eigenvalue weighted by Crippen LogP contribution is 2.08. The van der Waals surface area contributed by atoms with Crippen LogP contribution in [0.4, 0.5) is 5.69 Å². The van der Waals surface area contributed by atoms with Crippen LogP contribution in [0.1, 0.15) is 39.5 Å². The van der Waals surface area contributed by atoms with Crippen LogP contribution in [0.3, 0.4) is 0 Å². The van der Waals surface area contributed by atoms with Crippen LogP contribution in [0.15, 0.2) is 10.9 Å². The van der Waals surface area contributed by atoms with Gasteiger partial charge in [-0.2, -0.15) is 0 Å². The minimum atomic E-state index is -0.00966. The Hall–Kier alpha value is -0.740. The van der Waals surface area contributed by atoms with E-state index in [0.717, 1.165) is 18.7 Å². The standard InChI is InChI=1S/C14H24N2OS/c1-3-8-16(9-4-2)10-6-5-7-15-12-11-13(17)14(12)18/h11,15H,3-10H2,1-2H3. The molecule has 18 heavy (non-hydrogen) atoms. The molecule has 1 rings (SSSR count). The van der Waals surface area contributed by atoms with E-state index in [1.807, 2.05) is 0 Å². The van der Waals surface area contributed by atoms with Crippen molar-refractivity contribution in [2.75, 3.05) is 31.5 Å². The normalized spacial score (nSPS) is 11.3. The zero-order chi connectivity index (χ0) is 13.4. The van der Waals surface area contributed by atoms with Gasteiger partial charge in [-0.05, 0) is 45.3 Å². The number of unbranched alkanes of at least 4 members (excludes halogenated alkanes) is 1. The molecule has 0 radical (unpaired) electrons. The summed E-state index contributed by atoms with van der Waals surface area (Å²) in [5.74, 6) is 0. The smallest absolute Gasteiger partial charge is 0.200 e. The minimum absolute atomic E-state index is 0.00966. The van der Waals surface area contributed by atoms with Gasteiger partial charge >= 0.3 is 0 Å². The van der Waals surface area contributed by atoms with Gasteiger partial charge in [-0.1, -0.05) is 26.1 Å². The van der Waals surface area contributed by atoms with Crippen molar-refractivity contribution in [3.8, 4) is 0 Å². The molecule has 1 aromatic rings. The first-order valence-corrected chi connectivity index (χ1v) is 7.36. The van der Waals surface area contributed by atoms with Gasteiger partial charge in [0.05, 0.1) is 5.69 Å². The Morgan fingerprint density at radius 2 is 1.83 bits per heavy atom. The highest BCUT2D eigenvalue weighted by atomic mass is 32.1. The number of hydrogen-bond donors (Lipinski definition) is 1. The molecular formula is C14H24N2OS. The average Bonchev–Trinajstić information content (AvgIpc) is 2.37. The highest BCUT2D eigenvalue weighted by molar-refractivity contribution is 7.71. The summed E-state index contributed by atoms with van der Waals surface area (Å²) in [6.45, 7) is 8.93. The maximum absolute atomic E-state index is 10.9. The Kier molecular flexibility index (Phi) is 7.13. The van der Waals surface area contributed by atoms with Crippen molar-refractivity contribution < 1.29 is 0 Å². The summed E-state index contributed by atoms with van der Waals surface area (Å²) in [6, 6.07) is 1.59. The molecule has 0 aliphatic heterocycles. The summed E-state index contributed by atoms with van der Waals surface area (Å²) in [6.07, 6.45) is 4.77. The van der Waals surface area contributed by atoms with Crippen LogP contribution in [0, 0.1) is 4.51 Å². The lowest BCUT2D eigenvalue weighted by Gasteiger charge is -2.20. The van der Waals surface area contributed by atoms with Crippen LogP contribution in [0.25, 0.3) is 0 Å². The van der Waals surface area contributed by atoms with Crippen LogP contribution in [0.2, 0.25) is 0 Å². The van der Waals surface area contributed by atoms with Crippen molar-refractivity contribution in [1.82, 2.24) is 4.90 Å². The van der Waals surface area contributed by atoms with Gasteiger partial charge in [0.2, 0.25) is 5.43 Å². The van der Waals surface area contributed by atoms with E-state index in [1.54, 1.807) is 6.07 Å². The maximum Gasteiger partial charge on any atom is 0.200 e. The Morgan fingerprint density at radius 1 is 1.17 bits per heavy atom. The Morgan fingerprint density at radius 3 is 2.33 bits per heavy atom. The third-order valence-electron chi connectivity index (χ3n) is 3.04. The number of hydrogen-bond acceptors (Lipinski definition) is 4. The molecule has 0 aromatic heterocycles. The Balaban J connectivity index is 2.09. The van der Waals surface area contributed by atoms with Crippen molar-refractivity contribution in [2.45, 2.75) is 39.5 Å². The molecule has 0 atom stereocenters. The lowest BCUT2D eigenvalue weighted by molar-refractivity contribution is 0.270. The van der Waals surface area contributed by atoms with Gasteiger partial charge in [0, 0.05) is 12.6 Å². The van der Waals surface area contributed by atoms with E-state index < -0.39 is 0 Å². The van der Waals surface area contributed by atoms with Gasteiger partial charge in [-0.25, -0.2) is 0 Å². The van der Waals surface area contributed by atoms with Crippen molar-refractivity contribution in [3.63, 3.8) is 0 Å². The van der Waals surface area contributed by atoms with E-state index >= 15 is 0 Å². The quantitative estimate of drug-likeness (QED) is 0.522. The number of nitrogens with zero attached hydrogens (tertiary/aromatic N) is 1. The fourth-order valence-electron chi connectivity index (χ4n) is 2.10. The van der Waals surface area contributed by atoms with Gasteiger partial charge in [0.15, 0.2) is 0 Å². The second-order valence-electron chi connectivity index (χ2n) is 4.73. The monoisotopic (exact) mass is 268 g/mol. The van der Waals surface area contributed by atoms with Crippen molar-refractivity contribution in [2.24, 2.45) is 0 Å². The molecule has 0 saturated carbocycles. The summed E-state index contributed by atoms with van der Waals surface area (Å²) < 4.78 is 0.466. The number of nitrogens with one attached hydrogen (secondary N) is 1. The molecule has 0 spiro atoms. The summed E-state index contributed by atoms with van der Waals surface area (Å²) in [5, 5.41) is 3.22. The molecule has 0 aliphatic rings. The average molecular weight is 268 g/mol. The third-order valence-corrected chi connectivity index (χ3v) is 3.46.